The lowest BCUT2D eigenvalue weighted by Gasteiger charge is -2.38. The monoisotopic (exact) mass is 259 g/mol. The van der Waals surface area contributed by atoms with E-state index >= 15 is 0 Å². The Bertz CT molecular complexity index is 420. The molecule has 4 nitrogen and oxygen atoms in total. The van der Waals surface area contributed by atoms with E-state index < -0.39 is 0 Å². The van der Waals surface area contributed by atoms with Gasteiger partial charge in [0.05, 0.1) is 0 Å². The van der Waals surface area contributed by atoms with Crippen LogP contribution in [0, 0.1) is 0 Å². The highest BCUT2D eigenvalue weighted by molar-refractivity contribution is 5.94. The summed E-state index contributed by atoms with van der Waals surface area (Å²) in [5.74, 6) is 0.147. The van der Waals surface area contributed by atoms with Crippen molar-refractivity contribution < 1.29 is 4.79 Å². The molecule has 102 valence electrons. The molecule has 19 heavy (non-hydrogen) atoms. The highest BCUT2D eigenvalue weighted by Gasteiger charge is 2.28. The molecular weight excluding hydrogens is 238 g/mol. The Balaban J connectivity index is 1.56. The van der Waals surface area contributed by atoms with Gasteiger partial charge in [0.25, 0.3) is 5.91 Å². The van der Waals surface area contributed by atoms with E-state index in [2.05, 4.69) is 9.88 Å². The number of hydrogen-bond acceptors (Lipinski definition) is 3. The molecule has 0 N–H and O–H groups in total. The molecule has 2 heterocycles. The van der Waals surface area contributed by atoms with E-state index in [9.17, 15) is 4.79 Å². The molecule has 0 spiro atoms. The first kappa shape index (κ1) is 12.6. The highest BCUT2D eigenvalue weighted by atomic mass is 16.2. The molecule has 0 unspecified atom stereocenters. The molecule has 1 aliphatic heterocycles. The number of amides is 1. The maximum atomic E-state index is 12.3. The molecule has 1 aromatic rings. The van der Waals surface area contributed by atoms with Crippen molar-refractivity contribution in [3.05, 3.63) is 30.1 Å². The van der Waals surface area contributed by atoms with Gasteiger partial charge >= 0.3 is 0 Å². The highest BCUT2D eigenvalue weighted by Crippen LogP contribution is 2.24. The summed E-state index contributed by atoms with van der Waals surface area (Å²) in [7, 11) is 0. The van der Waals surface area contributed by atoms with Gasteiger partial charge in [0.2, 0.25) is 0 Å². The minimum atomic E-state index is 0.147. The largest absolute Gasteiger partial charge is 0.336 e. The molecule has 1 aliphatic carbocycles. The number of carbonyl (C=O) groups excluding carboxylic acids is 1. The molecule has 0 radical (unpaired) electrons. The van der Waals surface area contributed by atoms with Crippen LogP contribution in [0.2, 0.25) is 0 Å². The summed E-state index contributed by atoms with van der Waals surface area (Å²) in [6.07, 6.45) is 8.81. The third kappa shape index (κ3) is 2.78. The van der Waals surface area contributed by atoms with Crippen molar-refractivity contribution in [3.8, 4) is 0 Å². The first-order valence-electron chi connectivity index (χ1n) is 7.28. The maximum Gasteiger partial charge on any atom is 0.254 e. The van der Waals surface area contributed by atoms with Crippen LogP contribution in [0.4, 0.5) is 0 Å². The summed E-state index contributed by atoms with van der Waals surface area (Å²) in [4.78, 5) is 20.8. The van der Waals surface area contributed by atoms with E-state index in [-0.39, 0.29) is 5.91 Å². The lowest BCUT2D eigenvalue weighted by molar-refractivity contribution is 0.0573. The molecule has 1 saturated carbocycles. The number of hydrogen-bond donors (Lipinski definition) is 0. The quantitative estimate of drug-likeness (QED) is 0.812. The molecule has 0 atom stereocenters. The van der Waals surface area contributed by atoms with Crippen LogP contribution in [-0.4, -0.2) is 52.9 Å². The first-order chi connectivity index (χ1) is 9.34. The van der Waals surface area contributed by atoms with Crippen LogP contribution in [0.1, 0.15) is 36.0 Å². The second-order valence-electron chi connectivity index (χ2n) is 5.50. The van der Waals surface area contributed by atoms with E-state index in [1.54, 1.807) is 24.5 Å². The Labute approximate surface area is 114 Å². The van der Waals surface area contributed by atoms with Crippen molar-refractivity contribution in [1.82, 2.24) is 14.8 Å². The average molecular weight is 259 g/mol. The summed E-state index contributed by atoms with van der Waals surface area (Å²) in [5.41, 5.74) is 0.754. The number of nitrogens with zero attached hydrogens (tertiary/aromatic N) is 3. The molecule has 3 rings (SSSR count). The average Bonchev–Trinajstić information content (AvgIpc) is 3.02. The summed E-state index contributed by atoms with van der Waals surface area (Å²) in [6, 6.07) is 4.37. The van der Waals surface area contributed by atoms with Gasteiger partial charge in [-0.3, -0.25) is 14.7 Å². The van der Waals surface area contributed by atoms with E-state index in [1.165, 1.54) is 25.7 Å². The zero-order valence-corrected chi connectivity index (χ0v) is 11.3. The molecule has 2 aliphatic rings. The summed E-state index contributed by atoms with van der Waals surface area (Å²) >= 11 is 0. The lowest BCUT2D eigenvalue weighted by atomic mass is 10.1. The third-order valence-electron chi connectivity index (χ3n) is 4.37. The van der Waals surface area contributed by atoms with Gasteiger partial charge in [-0.2, -0.15) is 0 Å². The van der Waals surface area contributed by atoms with Gasteiger partial charge in [-0.1, -0.05) is 12.8 Å². The van der Waals surface area contributed by atoms with E-state index in [4.69, 9.17) is 0 Å². The van der Waals surface area contributed by atoms with Gasteiger partial charge in [-0.05, 0) is 25.0 Å². The fraction of sp³-hybridized carbons (Fsp3) is 0.600. The number of aromatic nitrogens is 1. The number of rotatable bonds is 2. The Morgan fingerprint density at radius 1 is 1.05 bits per heavy atom. The number of piperazine rings is 1. The summed E-state index contributed by atoms with van der Waals surface area (Å²) in [5, 5.41) is 0. The smallest absolute Gasteiger partial charge is 0.254 e. The zero-order chi connectivity index (χ0) is 13.1. The molecule has 2 fully saturated rings. The van der Waals surface area contributed by atoms with Crippen molar-refractivity contribution in [2.45, 2.75) is 31.7 Å². The van der Waals surface area contributed by atoms with Crippen molar-refractivity contribution in [3.63, 3.8) is 0 Å². The van der Waals surface area contributed by atoms with Crippen molar-refractivity contribution >= 4 is 5.91 Å². The molecule has 1 amide bonds. The Morgan fingerprint density at radius 2 is 1.68 bits per heavy atom. The summed E-state index contributed by atoms with van der Waals surface area (Å²) < 4.78 is 0. The van der Waals surface area contributed by atoms with Crippen LogP contribution in [0.15, 0.2) is 24.5 Å². The standard InChI is InChI=1S/C15H21N3O/c19-15(13-5-7-16-8-6-13)18-11-9-17(10-12-18)14-3-1-2-4-14/h5-8,14H,1-4,9-12H2. The van der Waals surface area contributed by atoms with Crippen LogP contribution in [0.25, 0.3) is 0 Å². The van der Waals surface area contributed by atoms with E-state index in [0.717, 1.165) is 37.8 Å². The van der Waals surface area contributed by atoms with Gasteiger partial charge < -0.3 is 4.90 Å². The van der Waals surface area contributed by atoms with Crippen LogP contribution in [0.5, 0.6) is 0 Å². The predicted molar refractivity (Wildman–Crippen MR) is 74.0 cm³/mol. The SMILES string of the molecule is O=C(c1ccncc1)N1CCN(C2CCCC2)CC1. The predicted octanol–water partition coefficient (Wildman–Crippen LogP) is 1.78. The molecule has 4 heteroatoms. The van der Waals surface area contributed by atoms with E-state index in [1.807, 2.05) is 4.90 Å². The van der Waals surface area contributed by atoms with Crippen molar-refractivity contribution in [2.75, 3.05) is 26.2 Å². The second-order valence-corrected chi connectivity index (χ2v) is 5.50. The van der Waals surface area contributed by atoms with Gasteiger partial charge in [0, 0.05) is 50.2 Å². The fourth-order valence-corrected chi connectivity index (χ4v) is 3.24. The van der Waals surface area contributed by atoms with E-state index in [0.29, 0.717) is 0 Å². The van der Waals surface area contributed by atoms with Crippen LogP contribution < -0.4 is 0 Å². The second kappa shape index (κ2) is 5.70. The maximum absolute atomic E-state index is 12.3. The fourth-order valence-electron chi connectivity index (χ4n) is 3.24. The van der Waals surface area contributed by atoms with Crippen molar-refractivity contribution in [1.29, 1.82) is 0 Å². The number of carbonyl (C=O) groups is 1. The Hall–Kier alpha value is -1.42. The van der Waals surface area contributed by atoms with Crippen LogP contribution in [0.3, 0.4) is 0 Å². The van der Waals surface area contributed by atoms with Crippen LogP contribution >= 0.6 is 0 Å². The Morgan fingerprint density at radius 3 is 2.32 bits per heavy atom. The molecule has 0 bridgehead atoms. The topological polar surface area (TPSA) is 36.4 Å². The van der Waals surface area contributed by atoms with Gasteiger partial charge in [-0.25, -0.2) is 0 Å². The zero-order valence-electron chi connectivity index (χ0n) is 11.3. The normalized spacial score (nSPS) is 21.8. The third-order valence-corrected chi connectivity index (χ3v) is 4.37. The van der Waals surface area contributed by atoms with Gasteiger partial charge in [0.15, 0.2) is 0 Å². The van der Waals surface area contributed by atoms with Gasteiger partial charge in [-0.15, -0.1) is 0 Å². The lowest BCUT2D eigenvalue weighted by Crippen LogP contribution is -2.51. The Kier molecular flexibility index (Phi) is 3.78. The molecule has 0 aromatic carbocycles. The molecule has 1 saturated heterocycles. The van der Waals surface area contributed by atoms with Crippen molar-refractivity contribution in [2.24, 2.45) is 0 Å². The molecular formula is C15H21N3O. The minimum Gasteiger partial charge on any atom is -0.336 e. The minimum absolute atomic E-state index is 0.147. The van der Waals surface area contributed by atoms with Crippen LogP contribution in [-0.2, 0) is 0 Å². The molecule has 1 aromatic heterocycles. The first-order valence-corrected chi connectivity index (χ1v) is 7.28. The number of pyridine rings is 1. The summed E-state index contributed by atoms with van der Waals surface area (Å²) in [6.45, 7) is 3.78. The van der Waals surface area contributed by atoms with Gasteiger partial charge in [0.1, 0.15) is 0 Å².